The Morgan fingerprint density at radius 3 is 2.41 bits per heavy atom. The van der Waals surface area contributed by atoms with Gasteiger partial charge in [-0.25, -0.2) is 0 Å². The minimum absolute atomic E-state index is 0.713. The molecule has 0 aromatic rings. The van der Waals surface area contributed by atoms with Gasteiger partial charge in [0.1, 0.15) is 0 Å². The van der Waals surface area contributed by atoms with Crippen LogP contribution in [0.5, 0.6) is 0 Å². The van der Waals surface area contributed by atoms with E-state index in [1.54, 1.807) is 0 Å². The Bertz CT molecular complexity index is 203. The van der Waals surface area contributed by atoms with Crippen molar-refractivity contribution in [1.82, 2.24) is 10.2 Å². The topological polar surface area (TPSA) is 15.3 Å². The molecule has 0 spiro atoms. The van der Waals surface area contributed by atoms with Gasteiger partial charge in [-0.05, 0) is 38.1 Å². The summed E-state index contributed by atoms with van der Waals surface area (Å²) in [6.45, 7) is 15.3. The van der Waals surface area contributed by atoms with Crippen molar-refractivity contribution in [1.29, 1.82) is 0 Å². The normalized spacial score (nSPS) is 28.6. The van der Waals surface area contributed by atoms with Gasteiger partial charge in [0.25, 0.3) is 0 Å². The summed E-state index contributed by atoms with van der Waals surface area (Å²) < 4.78 is 0. The van der Waals surface area contributed by atoms with E-state index in [-0.39, 0.29) is 0 Å². The van der Waals surface area contributed by atoms with E-state index in [0.717, 1.165) is 24.4 Å². The average Bonchev–Trinajstić information content (AvgIpc) is 2.34. The van der Waals surface area contributed by atoms with Crippen LogP contribution in [0.2, 0.25) is 0 Å². The molecule has 3 unspecified atom stereocenters. The van der Waals surface area contributed by atoms with Crippen LogP contribution in [0.3, 0.4) is 0 Å². The molecule has 0 saturated carbocycles. The molecule has 2 heteroatoms. The van der Waals surface area contributed by atoms with Gasteiger partial charge in [0.2, 0.25) is 0 Å². The van der Waals surface area contributed by atoms with E-state index >= 15 is 0 Å². The number of likely N-dealkylation sites (tertiary alicyclic amines) is 1. The van der Waals surface area contributed by atoms with Crippen molar-refractivity contribution >= 4 is 0 Å². The van der Waals surface area contributed by atoms with Crippen LogP contribution in [-0.2, 0) is 0 Å². The fraction of sp³-hybridized carbons (Fsp3) is 1.00. The Hall–Kier alpha value is -0.0800. The predicted octanol–water partition coefficient (Wildman–Crippen LogP) is 3.13. The maximum atomic E-state index is 3.75. The third-order valence-electron chi connectivity index (χ3n) is 4.17. The van der Waals surface area contributed by atoms with Gasteiger partial charge in [0, 0.05) is 25.2 Å². The summed E-state index contributed by atoms with van der Waals surface area (Å²) in [5.74, 6) is 1.65. The minimum Gasteiger partial charge on any atom is -0.312 e. The fourth-order valence-corrected chi connectivity index (χ4v) is 2.70. The fourth-order valence-electron chi connectivity index (χ4n) is 2.70. The van der Waals surface area contributed by atoms with Crippen molar-refractivity contribution < 1.29 is 0 Å². The molecule has 2 nitrogen and oxygen atoms in total. The molecule has 1 rings (SSSR count). The van der Waals surface area contributed by atoms with E-state index in [0.29, 0.717) is 6.04 Å². The Morgan fingerprint density at radius 2 is 1.88 bits per heavy atom. The molecule has 3 atom stereocenters. The van der Waals surface area contributed by atoms with Crippen LogP contribution in [0.4, 0.5) is 0 Å². The highest BCUT2D eigenvalue weighted by molar-refractivity contribution is 4.85. The quantitative estimate of drug-likeness (QED) is 0.767. The van der Waals surface area contributed by atoms with Crippen LogP contribution in [0, 0.1) is 11.8 Å². The SMILES string of the molecule is CCC1CC(NCC(C)C)CN(C(C)CC)C1. The highest BCUT2D eigenvalue weighted by Gasteiger charge is 2.27. The van der Waals surface area contributed by atoms with Crippen LogP contribution in [0.1, 0.15) is 53.9 Å². The monoisotopic (exact) mass is 240 g/mol. The molecule has 1 aliphatic heterocycles. The zero-order chi connectivity index (χ0) is 12.8. The standard InChI is InChI=1S/C15H32N2/c1-6-13(5)17-10-14(7-2)8-15(11-17)16-9-12(3)4/h12-16H,6-11H2,1-5H3. The predicted molar refractivity (Wildman–Crippen MR) is 76.4 cm³/mol. The summed E-state index contributed by atoms with van der Waals surface area (Å²) in [7, 11) is 0. The van der Waals surface area contributed by atoms with Crippen molar-refractivity contribution in [2.24, 2.45) is 11.8 Å². The lowest BCUT2D eigenvalue weighted by molar-refractivity contribution is 0.0994. The van der Waals surface area contributed by atoms with Crippen molar-refractivity contribution in [3.8, 4) is 0 Å². The molecule has 17 heavy (non-hydrogen) atoms. The van der Waals surface area contributed by atoms with E-state index in [2.05, 4.69) is 44.8 Å². The number of rotatable bonds is 6. The first-order chi connectivity index (χ1) is 8.06. The van der Waals surface area contributed by atoms with E-state index in [1.165, 1.54) is 32.4 Å². The van der Waals surface area contributed by atoms with Gasteiger partial charge >= 0.3 is 0 Å². The van der Waals surface area contributed by atoms with Gasteiger partial charge in [-0.1, -0.05) is 34.1 Å². The third-order valence-corrected chi connectivity index (χ3v) is 4.17. The van der Waals surface area contributed by atoms with Gasteiger partial charge in [-0.3, -0.25) is 4.90 Å². The van der Waals surface area contributed by atoms with Crippen LogP contribution in [-0.4, -0.2) is 36.6 Å². The van der Waals surface area contributed by atoms with Crippen molar-refractivity contribution in [3.63, 3.8) is 0 Å². The maximum absolute atomic E-state index is 3.75. The Kier molecular flexibility index (Phi) is 6.50. The molecule has 0 aromatic carbocycles. The largest absolute Gasteiger partial charge is 0.312 e. The lowest BCUT2D eigenvalue weighted by Crippen LogP contribution is -2.52. The highest BCUT2D eigenvalue weighted by Crippen LogP contribution is 2.22. The molecule has 0 amide bonds. The molecular formula is C15H32N2. The first-order valence-corrected chi connectivity index (χ1v) is 7.54. The summed E-state index contributed by atoms with van der Waals surface area (Å²) in [5, 5.41) is 3.75. The second-order valence-corrected chi connectivity index (χ2v) is 6.22. The van der Waals surface area contributed by atoms with Crippen LogP contribution in [0.15, 0.2) is 0 Å². The maximum Gasteiger partial charge on any atom is 0.0198 e. The van der Waals surface area contributed by atoms with E-state index in [1.807, 2.05) is 0 Å². The van der Waals surface area contributed by atoms with Gasteiger partial charge < -0.3 is 5.32 Å². The number of piperidine rings is 1. The lowest BCUT2D eigenvalue weighted by Gasteiger charge is -2.41. The average molecular weight is 240 g/mol. The number of hydrogen-bond acceptors (Lipinski definition) is 2. The van der Waals surface area contributed by atoms with Gasteiger partial charge in [0.15, 0.2) is 0 Å². The van der Waals surface area contributed by atoms with Crippen molar-refractivity contribution in [2.75, 3.05) is 19.6 Å². The Labute approximate surface area is 108 Å². The molecule has 102 valence electrons. The second-order valence-electron chi connectivity index (χ2n) is 6.22. The number of nitrogens with zero attached hydrogens (tertiary/aromatic N) is 1. The summed E-state index contributed by atoms with van der Waals surface area (Å²) in [6.07, 6.45) is 3.97. The van der Waals surface area contributed by atoms with Gasteiger partial charge in [-0.2, -0.15) is 0 Å². The van der Waals surface area contributed by atoms with E-state index in [4.69, 9.17) is 0 Å². The molecule has 1 saturated heterocycles. The van der Waals surface area contributed by atoms with E-state index in [9.17, 15) is 0 Å². The number of nitrogens with one attached hydrogen (secondary N) is 1. The molecule has 0 aromatic heterocycles. The second kappa shape index (κ2) is 7.38. The van der Waals surface area contributed by atoms with E-state index < -0.39 is 0 Å². The van der Waals surface area contributed by atoms with Gasteiger partial charge in [-0.15, -0.1) is 0 Å². The molecular weight excluding hydrogens is 208 g/mol. The van der Waals surface area contributed by atoms with Crippen LogP contribution >= 0.6 is 0 Å². The molecule has 0 bridgehead atoms. The zero-order valence-electron chi connectivity index (χ0n) is 12.5. The molecule has 0 aliphatic carbocycles. The smallest absolute Gasteiger partial charge is 0.0198 e. The summed E-state index contributed by atoms with van der Waals surface area (Å²) in [4.78, 5) is 2.69. The zero-order valence-corrected chi connectivity index (χ0v) is 12.5. The summed E-state index contributed by atoms with van der Waals surface area (Å²) >= 11 is 0. The molecule has 1 fully saturated rings. The highest BCUT2D eigenvalue weighted by atomic mass is 15.2. The number of hydrogen-bond donors (Lipinski definition) is 1. The van der Waals surface area contributed by atoms with Crippen LogP contribution < -0.4 is 5.32 Å². The summed E-state index contributed by atoms with van der Waals surface area (Å²) in [6, 6.07) is 1.46. The van der Waals surface area contributed by atoms with Gasteiger partial charge in [0.05, 0.1) is 0 Å². The first kappa shape index (κ1) is 15.0. The van der Waals surface area contributed by atoms with Crippen molar-refractivity contribution in [3.05, 3.63) is 0 Å². The third kappa shape index (κ3) is 4.97. The molecule has 1 aliphatic rings. The molecule has 1 N–H and O–H groups in total. The minimum atomic E-state index is 0.713. The molecule has 0 radical (unpaired) electrons. The van der Waals surface area contributed by atoms with Crippen LogP contribution in [0.25, 0.3) is 0 Å². The Morgan fingerprint density at radius 1 is 1.18 bits per heavy atom. The van der Waals surface area contributed by atoms with Crippen molar-refractivity contribution in [2.45, 2.75) is 66.0 Å². The first-order valence-electron chi connectivity index (χ1n) is 7.54. The lowest BCUT2D eigenvalue weighted by atomic mass is 9.90. The Balaban J connectivity index is 2.48. The summed E-state index contributed by atoms with van der Waals surface area (Å²) in [5.41, 5.74) is 0. The molecule has 1 heterocycles.